The van der Waals surface area contributed by atoms with Crippen LogP contribution in [0.25, 0.3) is 0 Å². The monoisotopic (exact) mass is 324 g/mol. The number of nitrogens with zero attached hydrogens (tertiary/aromatic N) is 3. The SMILES string of the molecule is Cc1cnc(C(=O)NCCN2CCC[C@H](c3ccccc3)C2)cn1. The van der Waals surface area contributed by atoms with Crippen LogP contribution < -0.4 is 5.32 Å². The molecule has 1 N–H and O–H groups in total. The van der Waals surface area contributed by atoms with Gasteiger partial charge in [0.25, 0.3) is 5.91 Å². The molecule has 0 radical (unpaired) electrons. The molecular formula is C19H24N4O. The second-order valence-corrected chi connectivity index (χ2v) is 6.35. The van der Waals surface area contributed by atoms with E-state index in [4.69, 9.17) is 0 Å². The predicted molar refractivity (Wildman–Crippen MR) is 94.0 cm³/mol. The Balaban J connectivity index is 1.46. The van der Waals surface area contributed by atoms with E-state index in [1.165, 1.54) is 24.6 Å². The molecule has 1 amide bonds. The molecule has 3 rings (SSSR count). The number of amides is 1. The molecule has 1 fully saturated rings. The number of hydrogen-bond acceptors (Lipinski definition) is 4. The van der Waals surface area contributed by atoms with Gasteiger partial charge in [-0.2, -0.15) is 0 Å². The Bertz CT molecular complexity index is 657. The third-order valence-corrected chi connectivity index (χ3v) is 4.50. The van der Waals surface area contributed by atoms with Crippen molar-refractivity contribution in [2.24, 2.45) is 0 Å². The number of aromatic nitrogens is 2. The normalized spacial score (nSPS) is 18.3. The molecule has 0 saturated carbocycles. The molecule has 1 aliphatic rings. The van der Waals surface area contributed by atoms with Crippen molar-refractivity contribution in [2.75, 3.05) is 26.2 Å². The van der Waals surface area contributed by atoms with Gasteiger partial charge in [-0.05, 0) is 37.8 Å². The fourth-order valence-electron chi connectivity index (χ4n) is 3.18. The van der Waals surface area contributed by atoms with Gasteiger partial charge in [-0.15, -0.1) is 0 Å². The first-order valence-corrected chi connectivity index (χ1v) is 8.56. The Hall–Kier alpha value is -2.27. The number of carbonyl (C=O) groups is 1. The Morgan fingerprint density at radius 3 is 2.83 bits per heavy atom. The maximum atomic E-state index is 12.1. The maximum absolute atomic E-state index is 12.1. The van der Waals surface area contributed by atoms with E-state index in [0.29, 0.717) is 18.2 Å². The molecule has 1 saturated heterocycles. The largest absolute Gasteiger partial charge is 0.349 e. The van der Waals surface area contributed by atoms with E-state index in [9.17, 15) is 4.79 Å². The van der Waals surface area contributed by atoms with Crippen LogP contribution in [0.1, 0.15) is 40.5 Å². The van der Waals surface area contributed by atoms with Gasteiger partial charge in [0.05, 0.1) is 11.9 Å². The standard InChI is InChI=1S/C19H24N4O/c1-15-12-22-18(13-21-15)19(24)20-9-11-23-10-5-8-17(14-23)16-6-3-2-4-7-16/h2-4,6-7,12-13,17H,5,8-11,14H2,1H3,(H,20,24)/t17-/m0/s1. The summed E-state index contributed by atoms with van der Waals surface area (Å²) in [6.45, 7) is 5.52. The summed E-state index contributed by atoms with van der Waals surface area (Å²) in [7, 11) is 0. The lowest BCUT2D eigenvalue weighted by atomic mass is 9.91. The van der Waals surface area contributed by atoms with Crippen molar-refractivity contribution >= 4 is 5.91 Å². The summed E-state index contributed by atoms with van der Waals surface area (Å²) < 4.78 is 0. The zero-order valence-corrected chi connectivity index (χ0v) is 14.1. The summed E-state index contributed by atoms with van der Waals surface area (Å²) in [5, 5.41) is 2.94. The second kappa shape index (κ2) is 8.02. The predicted octanol–water partition coefficient (Wildman–Crippen LogP) is 2.39. The fraction of sp³-hybridized carbons (Fsp3) is 0.421. The fourth-order valence-corrected chi connectivity index (χ4v) is 3.18. The molecule has 2 aromatic rings. The molecule has 0 aliphatic carbocycles. The van der Waals surface area contributed by atoms with Crippen LogP contribution in [-0.4, -0.2) is 47.0 Å². The average Bonchev–Trinajstić information content (AvgIpc) is 2.63. The van der Waals surface area contributed by atoms with E-state index in [0.717, 1.165) is 25.3 Å². The van der Waals surface area contributed by atoms with E-state index in [1.807, 2.05) is 6.92 Å². The van der Waals surface area contributed by atoms with Crippen molar-refractivity contribution in [2.45, 2.75) is 25.7 Å². The third-order valence-electron chi connectivity index (χ3n) is 4.50. The minimum atomic E-state index is -0.154. The highest BCUT2D eigenvalue weighted by Gasteiger charge is 2.21. The van der Waals surface area contributed by atoms with Gasteiger partial charge in [0.1, 0.15) is 5.69 Å². The highest BCUT2D eigenvalue weighted by molar-refractivity contribution is 5.91. The van der Waals surface area contributed by atoms with Gasteiger partial charge < -0.3 is 10.2 Å². The van der Waals surface area contributed by atoms with Crippen LogP contribution in [0.4, 0.5) is 0 Å². The molecule has 0 bridgehead atoms. The smallest absolute Gasteiger partial charge is 0.271 e. The minimum Gasteiger partial charge on any atom is -0.349 e. The minimum absolute atomic E-state index is 0.154. The Morgan fingerprint density at radius 1 is 1.25 bits per heavy atom. The van der Waals surface area contributed by atoms with E-state index in [2.05, 4.69) is 50.5 Å². The number of rotatable bonds is 5. The van der Waals surface area contributed by atoms with Crippen LogP contribution in [0.3, 0.4) is 0 Å². The van der Waals surface area contributed by atoms with E-state index < -0.39 is 0 Å². The lowest BCUT2D eigenvalue weighted by molar-refractivity contribution is 0.0940. The molecule has 5 heteroatoms. The Kier molecular flexibility index (Phi) is 5.54. The molecule has 2 heterocycles. The molecule has 1 atom stereocenters. The van der Waals surface area contributed by atoms with Crippen molar-refractivity contribution in [3.8, 4) is 0 Å². The quantitative estimate of drug-likeness (QED) is 0.917. The molecule has 5 nitrogen and oxygen atoms in total. The van der Waals surface area contributed by atoms with Gasteiger partial charge >= 0.3 is 0 Å². The van der Waals surface area contributed by atoms with Crippen LogP contribution in [0.5, 0.6) is 0 Å². The van der Waals surface area contributed by atoms with E-state index in [1.54, 1.807) is 6.20 Å². The number of likely N-dealkylation sites (tertiary alicyclic amines) is 1. The first-order chi connectivity index (χ1) is 11.7. The van der Waals surface area contributed by atoms with Gasteiger partial charge in [-0.3, -0.25) is 9.78 Å². The molecular weight excluding hydrogens is 300 g/mol. The van der Waals surface area contributed by atoms with Gasteiger partial charge in [0.2, 0.25) is 0 Å². The lowest BCUT2D eigenvalue weighted by Gasteiger charge is -2.33. The molecule has 0 spiro atoms. The summed E-state index contributed by atoms with van der Waals surface area (Å²) in [5.41, 5.74) is 2.61. The van der Waals surface area contributed by atoms with Crippen LogP contribution in [-0.2, 0) is 0 Å². The van der Waals surface area contributed by atoms with Gasteiger partial charge in [-0.1, -0.05) is 30.3 Å². The van der Waals surface area contributed by atoms with Crippen molar-refractivity contribution < 1.29 is 4.79 Å². The van der Waals surface area contributed by atoms with Crippen molar-refractivity contribution in [1.82, 2.24) is 20.2 Å². The number of nitrogens with one attached hydrogen (secondary N) is 1. The average molecular weight is 324 g/mol. The number of hydrogen-bond donors (Lipinski definition) is 1. The molecule has 1 aromatic heterocycles. The zero-order chi connectivity index (χ0) is 16.8. The number of piperidine rings is 1. The number of benzene rings is 1. The number of aryl methyl sites for hydroxylation is 1. The van der Waals surface area contributed by atoms with Crippen molar-refractivity contribution in [3.63, 3.8) is 0 Å². The highest BCUT2D eigenvalue weighted by atomic mass is 16.1. The lowest BCUT2D eigenvalue weighted by Crippen LogP contribution is -2.40. The Labute approximate surface area is 143 Å². The van der Waals surface area contributed by atoms with Gasteiger partial charge in [-0.25, -0.2) is 4.98 Å². The second-order valence-electron chi connectivity index (χ2n) is 6.35. The van der Waals surface area contributed by atoms with E-state index >= 15 is 0 Å². The third kappa shape index (κ3) is 4.38. The summed E-state index contributed by atoms with van der Waals surface area (Å²) in [4.78, 5) is 22.7. The highest BCUT2D eigenvalue weighted by Crippen LogP contribution is 2.26. The van der Waals surface area contributed by atoms with Gasteiger partial charge in [0, 0.05) is 25.8 Å². The van der Waals surface area contributed by atoms with Crippen LogP contribution in [0.2, 0.25) is 0 Å². The molecule has 0 unspecified atom stereocenters. The Morgan fingerprint density at radius 2 is 2.08 bits per heavy atom. The molecule has 1 aliphatic heterocycles. The van der Waals surface area contributed by atoms with Crippen LogP contribution in [0, 0.1) is 6.92 Å². The van der Waals surface area contributed by atoms with E-state index in [-0.39, 0.29) is 5.91 Å². The summed E-state index contributed by atoms with van der Waals surface area (Å²) >= 11 is 0. The van der Waals surface area contributed by atoms with Crippen molar-refractivity contribution in [3.05, 3.63) is 59.7 Å². The summed E-state index contributed by atoms with van der Waals surface area (Å²) in [5.74, 6) is 0.442. The number of carbonyl (C=O) groups excluding carboxylic acids is 1. The topological polar surface area (TPSA) is 58.1 Å². The summed E-state index contributed by atoms with van der Waals surface area (Å²) in [6.07, 6.45) is 5.59. The first-order valence-electron chi connectivity index (χ1n) is 8.56. The first kappa shape index (κ1) is 16.6. The van der Waals surface area contributed by atoms with Gasteiger partial charge in [0.15, 0.2) is 0 Å². The molecule has 1 aromatic carbocycles. The van der Waals surface area contributed by atoms with Crippen LogP contribution in [0.15, 0.2) is 42.7 Å². The maximum Gasteiger partial charge on any atom is 0.271 e. The molecule has 24 heavy (non-hydrogen) atoms. The van der Waals surface area contributed by atoms with Crippen molar-refractivity contribution in [1.29, 1.82) is 0 Å². The summed E-state index contributed by atoms with van der Waals surface area (Å²) in [6, 6.07) is 10.7. The zero-order valence-electron chi connectivity index (χ0n) is 14.1. The van der Waals surface area contributed by atoms with Crippen LogP contribution >= 0.6 is 0 Å². The molecule has 126 valence electrons.